The number of hydrogen-bond donors (Lipinski definition) is 6. The Bertz CT molecular complexity index is 1610. The number of amides is 1. The Morgan fingerprint density at radius 3 is 1.11 bits per heavy atom. The average molecular weight is 1290 g/mol. The maximum Gasteiger partial charge on any atom is 0.305 e. The summed E-state index contributed by atoms with van der Waals surface area (Å²) in [5.41, 5.74) is 0. The molecule has 0 bridgehead atoms. The van der Waals surface area contributed by atoms with Gasteiger partial charge in [-0.05, 0) is 64.2 Å². The van der Waals surface area contributed by atoms with Gasteiger partial charge in [0.05, 0.1) is 32.0 Å². The molecule has 1 rings (SSSR count). The number of carbonyl (C=O) groups is 2. The molecule has 0 aliphatic carbocycles. The van der Waals surface area contributed by atoms with Gasteiger partial charge in [0.1, 0.15) is 24.4 Å². The summed E-state index contributed by atoms with van der Waals surface area (Å²) in [6, 6.07) is -0.807. The van der Waals surface area contributed by atoms with Crippen molar-refractivity contribution in [3.63, 3.8) is 0 Å². The van der Waals surface area contributed by atoms with Crippen LogP contribution in [0.1, 0.15) is 399 Å². The number of allylic oxidation sites excluding steroid dienone is 5. The van der Waals surface area contributed by atoms with E-state index in [1.807, 2.05) is 6.08 Å². The van der Waals surface area contributed by atoms with Crippen LogP contribution in [0, 0.1) is 0 Å². The van der Waals surface area contributed by atoms with Crippen molar-refractivity contribution in [3.05, 3.63) is 36.5 Å². The molecular weight excluding hydrogens is 1130 g/mol. The Morgan fingerprint density at radius 2 is 0.736 bits per heavy atom. The highest BCUT2D eigenvalue weighted by Gasteiger charge is 2.44. The standard InChI is InChI=1S/C80H151NO10/c1-3-5-7-9-11-13-14-15-16-17-35-39-42-45-48-52-56-60-64-68-76(85)89-69-65-61-57-53-49-46-43-40-37-34-32-30-28-26-24-22-20-18-19-21-23-25-27-29-31-33-36-38-41-44-47-51-55-59-63-67-75(84)81-72(73(83)66-62-58-54-50-12-10-8-6-4-2)71-90-80-79(88)78(87)77(86)74(70-82)91-80/h20,22,26,28,62,66,72-74,77-80,82-83,86-88H,3-19,21,23-25,27,29-61,63-65,67-71H2,1-2H3,(H,81,84)/b22-20-,28-26-,66-62+. The molecule has 6 N–H and O–H groups in total. The summed E-state index contributed by atoms with van der Waals surface area (Å²) in [5, 5.41) is 54.3. The zero-order valence-corrected chi connectivity index (χ0v) is 59.8. The molecule has 1 aliphatic rings. The van der Waals surface area contributed by atoms with Crippen molar-refractivity contribution in [3.8, 4) is 0 Å². The number of nitrogens with one attached hydrogen (secondary N) is 1. The molecule has 536 valence electrons. The first-order valence-corrected chi connectivity index (χ1v) is 39.8. The van der Waals surface area contributed by atoms with Crippen molar-refractivity contribution < 1.29 is 49.3 Å². The van der Waals surface area contributed by atoms with E-state index >= 15 is 0 Å². The maximum atomic E-state index is 13.0. The molecule has 11 heteroatoms. The first-order chi connectivity index (χ1) is 44.7. The minimum absolute atomic E-state index is 0.0156. The van der Waals surface area contributed by atoms with Crippen LogP contribution in [0.4, 0.5) is 0 Å². The van der Waals surface area contributed by atoms with Crippen LogP contribution in [-0.2, 0) is 23.8 Å². The van der Waals surface area contributed by atoms with Crippen molar-refractivity contribution in [1.82, 2.24) is 5.32 Å². The van der Waals surface area contributed by atoms with Gasteiger partial charge in [0, 0.05) is 12.8 Å². The topological polar surface area (TPSA) is 175 Å². The fourth-order valence-corrected chi connectivity index (χ4v) is 12.8. The van der Waals surface area contributed by atoms with Crippen molar-refractivity contribution in [2.45, 2.75) is 442 Å². The molecule has 0 aromatic rings. The monoisotopic (exact) mass is 1290 g/mol. The third kappa shape index (κ3) is 57.8. The van der Waals surface area contributed by atoms with Gasteiger partial charge in [-0.15, -0.1) is 0 Å². The third-order valence-corrected chi connectivity index (χ3v) is 19.0. The Balaban J connectivity index is 1.86. The fourth-order valence-electron chi connectivity index (χ4n) is 12.8. The number of rotatable bonds is 71. The Hall–Kier alpha value is -2.12. The summed E-state index contributed by atoms with van der Waals surface area (Å²) in [6.45, 7) is 4.37. The molecule has 1 fully saturated rings. The second-order valence-corrected chi connectivity index (χ2v) is 27.8. The van der Waals surface area contributed by atoms with E-state index in [9.17, 15) is 35.1 Å². The summed E-state index contributed by atoms with van der Waals surface area (Å²) in [7, 11) is 0. The molecule has 1 heterocycles. The molecule has 0 aromatic carbocycles. The van der Waals surface area contributed by atoms with Gasteiger partial charge in [-0.1, -0.05) is 359 Å². The lowest BCUT2D eigenvalue weighted by molar-refractivity contribution is -0.302. The second-order valence-electron chi connectivity index (χ2n) is 27.8. The molecule has 0 aromatic heterocycles. The van der Waals surface area contributed by atoms with Crippen molar-refractivity contribution in [1.29, 1.82) is 0 Å². The first kappa shape index (κ1) is 86.9. The van der Waals surface area contributed by atoms with E-state index in [4.69, 9.17) is 14.2 Å². The number of esters is 1. The highest BCUT2D eigenvalue weighted by Crippen LogP contribution is 2.24. The van der Waals surface area contributed by atoms with E-state index in [1.165, 1.54) is 315 Å². The van der Waals surface area contributed by atoms with Crippen LogP contribution in [0.5, 0.6) is 0 Å². The van der Waals surface area contributed by atoms with Crippen LogP contribution in [0.25, 0.3) is 0 Å². The van der Waals surface area contributed by atoms with Crippen LogP contribution < -0.4 is 5.32 Å². The maximum absolute atomic E-state index is 13.0. The lowest BCUT2D eigenvalue weighted by Gasteiger charge is -2.40. The van der Waals surface area contributed by atoms with E-state index < -0.39 is 49.5 Å². The van der Waals surface area contributed by atoms with E-state index in [2.05, 4.69) is 43.5 Å². The molecule has 0 radical (unpaired) electrons. The minimum Gasteiger partial charge on any atom is -0.466 e. The molecule has 1 saturated heterocycles. The largest absolute Gasteiger partial charge is 0.466 e. The van der Waals surface area contributed by atoms with Gasteiger partial charge in [-0.3, -0.25) is 9.59 Å². The van der Waals surface area contributed by atoms with Gasteiger partial charge in [-0.2, -0.15) is 0 Å². The van der Waals surface area contributed by atoms with E-state index in [1.54, 1.807) is 6.08 Å². The van der Waals surface area contributed by atoms with Crippen LogP contribution >= 0.6 is 0 Å². The number of hydrogen-bond acceptors (Lipinski definition) is 10. The fraction of sp³-hybridized carbons (Fsp3) is 0.900. The smallest absolute Gasteiger partial charge is 0.305 e. The van der Waals surface area contributed by atoms with Crippen LogP contribution in [0.3, 0.4) is 0 Å². The molecule has 91 heavy (non-hydrogen) atoms. The molecule has 0 spiro atoms. The quantitative estimate of drug-likeness (QED) is 0.0195. The molecule has 1 amide bonds. The zero-order chi connectivity index (χ0) is 65.8. The van der Waals surface area contributed by atoms with Gasteiger partial charge in [0.15, 0.2) is 6.29 Å². The average Bonchev–Trinajstić information content (AvgIpc) is 1.82. The predicted molar refractivity (Wildman–Crippen MR) is 384 cm³/mol. The normalized spacial score (nSPS) is 17.7. The van der Waals surface area contributed by atoms with Crippen molar-refractivity contribution in [2.24, 2.45) is 0 Å². The predicted octanol–water partition coefficient (Wildman–Crippen LogP) is 21.3. The highest BCUT2D eigenvalue weighted by molar-refractivity contribution is 5.76. The van der Waals surface area contributed by atoms with E-state index in [0.29, 0.717) is 19.4 Å². The summed E-state index contributed by atoms with van der Waals surface area (Å²) in [5.74, 6) is -0.164. The molecule has 1 aliphatic heterocycles. The molecule has 7 unspecified atom stereocenters. The lowest BCUT2D eigenvalue weighted by atomic mass is 9.99. The van der Waals surface area contributed by atoms with Crippen molar-refractivity contribution in [2.75, 3.05) is 19.8 Å². The molecule has 11 nitrogen and oxygen atoms in total. The minimum atomic E-state index is -1.57. The van der Waals surface area contributed by atoms with Gasteiger partial charge in [-0.25, -0.2) is 0 Å². The summed E-state index contributed by atoms with van der Waals surface area (Å²) >= 11 is 0. The number of unbranched alkanes of at least 4 members (excludes halogenated alkanes) is 53. The summed E-state index contributed by atoms with van der Waals surface area (Å²) in [6.07, 6.45) is 80.5. The molecular formula is C80H151NO10. The van der Waals surface area contributed by atoms with Crippen LogP contribution in [0.15, 0.2) is 36.5 Å². The summed E-state index contributed by atoms with van der Waals surface area (Å²) in [4.78, 5) is 25.2. The molecule has 7 atom stereocenters. The molecule has 0 saturated carbocycles. The second kappa shape index (κ2) is 69.2. The Morgan fingerprint density at radius 1 is 0.407 bits per heavy atom. The zero-order valence-electron chi connectivity index (χ0n) is 59.8. The van der Waals surface area contributed by atoms with Crippen LogP contribution in [0.2, 0.25) is 0 Å². The van der Waals surface area contributed by atoms with E-state index in [0.717, 1.165) is 57.8 Å². The number of carbonyl (C=O) groups excluding carboxylic acids is 2. The van der Waals surface area contributed by atoms with Gasteiger partial charge in [0.2, 0.25) is 5.91 Å². The Kier molecular flexibility index (Phi) is 66.1. The number of aliphatic hydroxyl groups excluding tert-OH is 5. The van der Waals surface area contributed by atoms with Gasteiger partial charge < -0.3 is 45.1 Å². The number of ether oxygens (including phenoxy) is 3. The summed E-state index contributed by atoms with van der Waals surface area (Å²) < 4.78 is 16.7. The third-order valence-electron chi connectivity index (χ3n) is 19.0. The first-order valence-electron chi connectivity index (χ1n) is 39.8. The van der Waals surface area contributed by atoms with Crippen molar-refractivity contribution >= 4 is 11.9 Å². The van der Waals surface area contributed by atoms with Gasteiger partial charge >= 0.3 is 5.97 Å². The van der Waals surface area contributed by atoms with E-state index in [-0.39, 0.29) is 18.5 Å². The van der Waals surface area contributed by atoms with Gasteiger partial charge in [0.25, 0.3) is 0 Å². The highest BCUT2D eigenvalue weighted by atomic mass is 16.7. The number of aliphatic hydroxyl groups is 5. The lowest BCUT2D eigenvalue weighted by Crippen LogP contribution is -2.60. The SMILES string of the molecule is CCCCCCCCC/C=C/C(O)C(COC1OC(CO)C(O)C(O)C1O)NC(=O)CCCCCCCCCCCCCCCCCCC/C=C\C/C=C\CCCCCCCCCCCCCOC(=O)CCCCCCCCCCCCCCCCCCCCC. The van der Waals surface area contributed by atoms with Crippen LogP contribution in [-0.4, -0.2) is 100 Å². The Labute approximate surface area is 562 Å².